The maximum absolute atomic E-state index is 11.6. The molecule has 1 aliphatic heterocycles. The van der Waals surface area contributed by atoms with Gasteiger partial charge in [-0.25, -0.2) is 23.8 Å². The van der Waals surface area contributed by atoms with Gasteiger partial charge in [0.1, 0.15) is 18.1 Å². The fourth-order valence-corrected chi connectivity index (χ4v) is 4.56. The highest BCUT2D eigenvalue weighted by atomic mass is 31.3. The number of nitrogen functional groups attached to an aromatic ring is 1. The molecule has 1 fully saturated rings. The number of phosphoric ester groups is 1. The number of phosphoric acid groups is 1. The highest BCUT2D eigenvalue weighted by molar-refractivity contribution is 7.63. The first kappa shape index (κ1) is 18.4. The summed E-state index contributed by atoms with van der Waals surface area (Å²) in [4.78, 5) is 30.5. The lowest BCUT2D eigenvalue weighted by molar-refractivity contribution is -0.0202. The molecule has 0 radical (unpaired) electrons. The number of nitrogens with zero attached hydrogens (tertiary/aromatic N) is 4. The number of imidazole rings is 1. The molecule has 14 heteroatoms. The van der Waals surface area contributed by atoms with Crippen molar-refractivity contribution >= 4 is 32.4 Å². The van der Waals surface area contributed by atoms with Crippen molar-refractivity contribution < 1.29 is 32.5 Å². The number of ether oxygens (including phenoxy) is 1. The van der Waals surface area contributed by atoms with Gasteiger partial charge in [-0.3, -0.25) is 13.7 Å². The molecular weight excluding hydrogens is 376 g/mol. The van der Waals surface area contributed by atoms with E-state index in [-0.39, 0.29) is 12.4 Å². The monoisotopic (exact) mass is 393 g/mol. The second kappa shape index (κ2) is 6.73. The molecule has 3 heterocycles. The third-order valence-corrected chi connectivity index (χ3v) is 5.97. The van der Waals surface area contributed by atoms with Crippen LogP contribution in [0, 0.1) is 0 Å². The van der Waals surface area contributed by atoms with Gasteiger partial charge in [0.15, 0.2) is 11.5 Å². The first-order valence-corrected chi connectivity index (χ1v) is 10.7. The molecule has 0 aromatic carbocycles. The molecular formula is C11H17N5O7P2. The number of aromatic nitrogens is 4. The van der Waals surface area contributed by atoms with Crippen LogP contribution >= 0.6 is 15.4 Å². The molecule has 2 aromatic rings. The third kappa shape index (κ3) is 4.42. The minimum absolute atomic E-state index is 0.257. The Balaban J connectivity index is 1.63. The van der Waals surface area contributed by atoms with E-state index in [1.165, 1.54) is 12.7 Å². The van der Waals surface area contributed by atoms with Gasteiger partial charge in [-0.1, -0.05) is 0 Å². The Hall–Kier alpha value is -1.39. The van der Waals surface area contributed by atoms with Crippen LogP contribution in [-0.2, 0) is 22.7 Å². The molecule has 0 aliphatic carbocycles. The van der Waals surface area contributed by atoms with E-state index in [1.54, 1.807) is 4.57 Å². The average molecular weight is 393 g/mol. The molecule has 4 N–H and O–H groups in total. The van der Waals surface area contributed by atoms with Gasteiger partial charge in [-0.15, -0.1) is 0 Å². The Kier molecular flexibility index (Phi) is 4.95. The smallest absolute Gasteiger partial charge is 0.382 e. The zero-order chi connectivity index (χ0) is 18.2. The number of fused-ring (bicyclic) bond motifs is 1. The Labute approximate surface area is 142 Å². The molecule has 1 saturated heterocycles. The van der Waals surface area contributed by atoms with Crippen LogP contribution in [0.15, 0.2) is 12.7 Å². The standard InChI is InChI=1S/C11H17N5O7P2/c1-24(17,18)23-25(19,20)21-4-7-2-3-8(22-7)16-6-15-9-10(12)13-5-14-11(9)16/h5-8H,2-4H2,1H3,(H,17,18)(H,19,20)(H2,12,13,14)/t7-,8+/m0/s1. The summed E-state index contributed by atoms with van der Waals surface area (Å²) < 4.78 is 39.0. The molecule has 3 rings (SSSR count). The van der Waals surface area contributed by atoms with Crippen LogP contribution in [0.1, 0.15) is 19.1 Å². The predicted octanol–water partition coefficient (Wildman–Crippen LogP) is 1.03. The maximum atomic E-state index is 11.6. The summed E-state index contributed by atoms with van der Waals surface area (Å²) in [6.45, 7) is 0.521. The van der Waals surface area contributed by atoms with E-state index in [9.17, 15) is 14.0 Å². The van der Waals surface area contributed by atoms with Crippen LogP contribution in [0.2, 0.25) is 0 Å². The summed E-state index contributed by atoms with van der Waals surface area (Å²) in [6, 6.07) is 0. The van der Waals surface area contributed by atoms with Crippen molar-refractivity contribution in [3.8, 4) is 0 Å². The molecule has 4 atom stereocenters. The minimum Gasteiger partial charge on any atom is -0.382 e. The van der Waals surface area contributed by atoms with Crippen molar-refractivity contribution in [1.82, 2.24) is 19.5 Å². The van der Waals surface area contributed by atoms with Crippen molar-refractivity contribution in [3.05, 3.63) is 12.7 Å². The second-order valence-electron chi connectivity index (χ2n) is 5.52. The molecule has 2 unspecified atom stereocenters. The first-order chi connectivity index (χ1) is 11.6. The number of hydrogen-bond acceptors (Lipinski definition) is 9. The highest BCUT2D eigenvalue weighted by Crippen LogP contribution is 2.58. The molecule has 0 saturated carbocycles. The normalized spacial score (nSPS) is 25.7. The van der Waals surface area contributed by atoms with E-state index in [2.05, 4.69) is 19.3 Å². The molecule has 2 aromatic heterocycles. The minimum atomic E-state index is -4.64. The molecule has 138 valence electrons. The van der Waals surface area contributed by atoms with Crippen LogP contribution in [0.3, 0.4) is 0 Å². The van der Waals surface area contributed by atoms with Crippen LogP contribution in [0.5, 0.6) is 0 Å². The van der Waals surface area contributed by atoms with Crippen LogP contribution < -0.4 is 5.73 Å². The van der Waals surface area contributed by atoms with Crippen molar-refractivity contribution in [2.75, 3.05) is 19.0 Å². The lowest BCUT2D eigenvalue weighted by atomic mass is 10.2. The number of hydrogen-bond donors (Lipinski definition) is 3. The Morgan fingerprint density at radius 1 is 1.36 bits per heavy atom. The molecule has 0 bridgehead atoms. The van der Waals surface area contributed by atoms with Crippen LogP contribution in [0.4, 0.5) is 5.82 Å². The first-order valence-electron chi connectivity index (χ1n) is 7.22. The van der Waals surface area contributed by atoms with E-state index in [1.807, 2.05) is 0 Å². The lowest BCUT2D eigenvalue weighted by Gasteiger charge is -2.17. The van der Waals surface area contributed by atoms with E-state index in [0.29, 0.717) is 24.0 Å². The van der Waals surface area contributed by atoms with Gasteiger partial charge < -0.3 is 20.3 Å². The fraction of sp³-hybridized carbons (Fsp3) is 0.545. The van der Waals surface area contributed by atoms with Crippen molar-refractivity contribution in [2.45, 2.75) is 25.2 Å². The van der Waals surface area contributed by atoms with Gasteiger partial charge in [0.05, 0.1) is 19.0 Å². The van der Waals surface area contributed by atoms with E-state index >= 15 is 0 Å². The van der Waals surface area contributed by atoms with E-state index in [0.717, 1.165) is 6.66 Å². The summed E-state index contributed by atoms with van der Waals surface area (Å²) in [5.41, 5.74) is 6.71. The maximum Gasteiger partial charge on any atom is 0.479 e. The molecule has 1 aliphatic rings. The summed E-state index contributed by atoms with van der Waals surface area (Å²) >= 11 is 0. The SMILES string of the molecule is CP(=O)(O)OP(=O)(O)OC[C@@H]1CC[C@H](n2cnc3c(N)ncnc32)O1. The highest BCUT2D eigenvalue weighted by Gasteiger charge is 2.34. The van der Waals surface area contributed by atoms with Crippen molar-refractivity contribution in [3.63, 3.8) is 0 Å². The van der Waals surface area contributed by atoms with Gasteiger partial charge >= 0.3 is 15.4 Å². The second-order valence-corrected chi connectivity index (χ2v) is 8.98. The third-order valence-electron chi connectivity index (χ3n) is 3.46. The number of anilines is 1. The van der Waals surface area contributed by atoms with Gasteiger partial charge in [0.25, 0.3) is 0 Å². The molecule has 12 nitrogen and oxygen atoms in total. The topological polar surface area (TPSA) is 172 Å². The van der Waals surface area contributed by atoms with Gasteiger partial charge in [-0.2, -0.15) is 0 Å². The Bertz CT molecular complexity index is 868. The fourth-order valence-electron chi connectivity index (χ4n) is 2.49. The van der Waals surface area contributed by atoms with E-state index in [4.69, 9.17) is 19.9 Å². The zero-order valence-corrected chi connectivity index (χ0v) is 14.9. The van der Waals surface area contributed by atoms with Gasteiger partial charge in [0.2, 0.25) is 0 Å². The quantitative estimate of drug-likeness (QED) is 0.598. The van der Waals surface area contributed by atoms with Gasteiger partial charge in [0, 0.05) is 6.66 Å². The van der Waals surface area contributed by atoms with Crippen LogP contribution in [0.25, 0.3) is 11.2 Å². The molecule has 0 amide bonds. The summed E-state index contributed by atoms with van der Waals surface area (Å²) in [5.74, 6) is 0.257. The summed E-state index contributed by atoms with van der Waals surface area (Å²) in [5, 5.41) is 0. The zero-order valence-electron chi connectivity index (χ0n) is 13.1. The van der Waals surface area contributed by atoms with Crippen molar-refractivity contribution in [1.29, 1.82) is 0 Å². The number of nitrogens with two attached hydrogens (primary N) is 1. The summed E-state index contributed by atoms with van der Waals surface area (Å²) in [6.07, 6.45) is 3.08. The number of rotatable bonds is 6. The van der Waals surface area contributed by atoms with Gasteiger partial charge in [-0.05, 0) is 12.8 Å². The largest absolute Gasteiger partial charge is 0.479 e. The Morgan fingerprint density at radius 2 is 2.12 bits per heavy atom. The predicted molar refractivity (Wildman–Crippen MR) is 85.5 cm³/mol. The van der Waals surface area contributed by atoms with E-state index < -0.39 is 27.8 Å². The summed E-state index contributed by atoms with van der Waals surface area (Å²) in [7, 11) is -8.79. The molecule has 25 heavy (non-hydrogen) atoms. The Morgan fingerprint density at radius 3 is 2.84 bits per heavy atom. The molecule has 0 spiro atoms. The van der Waals surface area contributed by atoms with Crippen LogP contribution in [-0.4, -0.2) is 48.7 Å². The average Bonchev–Trinajstić information content (AvgIpc) is 3.09. The lowest BCUT2D eigenvalue weighted by Crippen LogP contribution is -2.16. The van der Waals surface area contributed by atoms with Crippen molar-refractivity contribution in [2.24, 2.45) is 0 Å².